The second-order valence-corrected chi connectivity index (χ2v) is 9.19. The summed E-state index contributed by atoms with van der Waals surface area (Å²) in [5, 5.41) is 12.5. The first-order valence-electron chi connectivity index (χ1n) is 8.98. The molecular weight excluding hydrogens is 421 g/mol. The quantitative estimate of drug-likeness (QED) is 0.505. The van der Waals surface area contributed by atoms with Crippen molar-refractivity contribution in [2.24, 2.45) is 5.92 Å². The Balaban J connectivity index is 2.06. The lowest BCUT2D eigenvalue weighted by Gasteiger charge is -2.24. The Morgan fingerprint density at radius 3 is 2.61 bits per heavy atom. The summed E-state index contributed by atoms with van der Waals surface area (Å²) in [6.07, 6.45) is 0.315. The van der Waals surface area contributed by atoms with Crippen LogP contribution in [0.25, 0.3) is 0 Å². The molecule has 1 amide bonds. The average molecular weight is 446 g/mol. The Morgan fingerprint density at radius 1 is 1.29 bits per heavy atom. The van der Waals surface area contributed by atoms with Crippen LogP contribution in [-0.4, -0.2) is 21.9 Å². The minimum atomic E-state index is -0.584. The molecular formula is C19H25Cl2N3O3S. The van der Waals surface area contributed by atoms with E-state index in [1.165, 1.54) is 11.8 Å². The molecule has 2 atom stereocenters. The Kier molecular flexibility index (Phi) is 8.04. The first kappa shape index (κ1) is 22.8. The summed E-state index contributed by atoms with van der Waals surface area (Å²) < 4.78 is 11.1. The highest BCUT2D eigenvalue weighted by molar-refractivity contribution is 7.98. The molecule has 28 heavy (non-hydrogen) atoms. The number of alkyl carbamates (subject to hydrolysis) is 1. The van der Waals surface area contributed by atoms with Crippen molar-refractivity contribution >= 4 is 41.1 Å². The largest absolute Gasteiger partial charge is 0.444 e. The minimum Gasteiger partial charge on any atom is -0.444 e. The van der Waals surface area contributed by atoms with Crippen LogP contribution in [0.1, 0.15) is 58.5 Å². The number of benzene rings is 1. The molecule has 154 valence electrons. The third-order valence-corrected chi connectivity index (χ3v) is 5.55. The Hall–Kier alpha value is -1.44. The van der Waals surface area contributed by atoms with E-state index in [0.29, 0.717) is 26.9 Å². The highest BCUT2D eigenvalue weighted by Gasteiger charge is 2.28. The molecule has 1 N–H and O–H groups in total. The zero-order valence-electron chi connectivity index (χ0n) is 16.6. The minimum absolute atomic E-state index is 0.0980. The summed E-state index contributed by atoms with van der Waals surface area (Å²) in [4.78, 5) is 12.2. The van der Waals surface area contributed by atoms with E-state index in [2.05, 4.69) is 15.5 Å². The summed E-state index contributed by atoms with van der Waals surface area (Å²) >= 11 is 13.4. The fourth-order valence-corrected chi connectivity index (χ4v) is 3.33. The van der Waals surface area contributed by atoms with E-state index in [9.17, 15) is 4.79 Å². The van der Waals surface area contributed by atoms with Gasteiger partial charge in [0.15, 0.2) is 0 Å². The molecule has 0 spiro atoms. The van der Waals surface area contributed by atoms with Gasteiger partial charge in [-0.05, 0) is 44.4 Å². The second kappa shape index (κ2) is 9.85. The smallest absolute Gasteiger partial charge is 0.408 e. The van der Waals surface area contributed by atoms with Gasteiger partial charge in [0.2, 0.25) is 5.89 Å². The topological polar surface area (TPSA) is 77.2 Å². The molecule has 1 heterocycles. The van der Waals surface area contributed by atoms with Crippen LogP contribution < -0.4 is 5.32 Å². The summed E-state index contributed by atoms with van der Waals surface area (Å²) in [5.74, 6) is 1.06. The number of thioether (sulfide) groups is 1. The van der Waals surface area contributed by atoms with Crippen LogP contribution in [0.5, 0.6) is 0 Å². The molecule has 0 bridgehead atoms. The van der Waals surface area contributed by atoms with Crippen molar-refractivity contribution in [1.82, 2.24) is 15.5 Å². The molecule has 0 aliphatic heterocycles. The lowest BCUT2D eigenvalue weighted by Crippen LogP contribution is -2.37. The molecule has 2 aromatic rings. The molecule has 0 radical (unpaired) electrons. The highest BCUT2D eigenvalue weighted by atomic mass is 35.5. The number of rotatable bonds is 7. The van der Waals surface area contributed by atoms with Gasteiger partial charge in [-0.1, -0.05) is 61.3 Å². The number of carbonyl (C=O) groups is 1. The molecule has 1 unspecified atom stereocenters. The number of hydrogen-bond donors (Lipinski definition) is 1. The molecule has 0 fully saturated rings. The second-order valence-electron chi connectivity index (χ2n) is 7.45. The number of aromatic nitrogens is 2. The van der Waals surface area contributed by atoms with Gasteiger partial charge in [-0.3, -0.25) is 0 Å². The van der Waals surface area contributed by atoms with E-state index in [4.69, 9.17) is 32.4 Å². The number of ether oxygens (including phenoxy) is 1. The normalized spacial score (nSPS) is 13.8. The van der Waals surface area contributed by atoms with Crippen molar-refractivity contribution in [2.75, 3.05) is 0 Å². The van der Waals surface area contributed by atoms with Gasteiger partial charge in [-0.25, -0.2) is 4.79 Å². The van der Waals surface area contributed by atoms with E-state index in [1.54, 1.807) is 12.1 Å². The van der Waals surface area contributed by atoms with Crippen molar-refractivity contribution in [3.05, 3.63) is 39.7 Å². The standard InChI is InChI=1S/C19H25Cl2N3O3S/c1-6-11(2)15(22-17(25)27-19(3,4)5)16-23-24-18(26-16)28-10-12-7-8-13(20)14(21)9-12/h7-9,11,15H,6,10H2,1-5H3,(H,22,25)/t11?,15-/m0/s1. The van der Waals surface area contributed by atoms with E-state index in [0.717, 1.165) is 12.0 Å². The van der Waals surface area contributed by atoms with Crippen LogP contribution in [0.2, 0.25) is 10.0 Å². The van der Waals surface area contributed by atoms with Crippen molar-refractivity contribution in [2.45, 2.75) is 63.7 Å². The SMILES string of the molecule is CCC(C)[C@H](NC(=O)OC(C)(C)C)c1nnc(SCc2ccc(Cl)c(Cl)c2)o1. The van der Waals surface area contributed by atoms with Crippen molar-refractivity contribution in [1.29, 1.82) is 0 Å². The third-order valence-electron chi connectivity index (χ3n) is 3.92. The monoisotopic (exact) mass is 445 g/mol. The third kappa shape index (κ3) is 6.87. The number of hydrogen-bond acceptors (Lipinski definition) is 6. The van der Waals surface area contributed by atoms with Crippen molar-refractivity contribution < 1.29 is 13.9 Å². The van der Waals surface area contributed by atoms with Gasteiger partial charge in [0.1, 0.15) is 11.6 Å². The molecule has 1 aromatic carbocycles. The summed E-state index contributed by atoms with van der Waals surface area (Å²) in [5.41, 5.74) is 0.407. The van der Waals surface area contributed by atoms with Gasteiger partial charge in [0.05, 0.1) is 10.0 Å². The molecule has 0 saturated heterocycles. The van der Waals surface area contributed by atoms with Gasteiger partial charge in [0.25, 0.3) is 5.22 Å². The fourth-order valence-electron chi connectivity index (χ4n) is 2.30. The average Bonchev–Trinajstić information content (AvgIpc) is 3.07. The first-order valence-corrected chi connectivity index (χ1v) is 10.7. The lowest BCUT2D eigenvalue weighted by molar-refractivity contribution is 0.0474. The maximum atomic E-state index is 12.2. The van der Waals surface area contributed by atoms with E-state index < -0.39 is 17.7 Å². The van der Waals surface area contributed by atoms with E-state index in [1.807, 2.05) is 40.7 Å². The zero-order chi connectivity index (χ0) is 20.9. The number of nitrogens with one attached hydrogen (secondary N) is 1. The molecule has 9 heteroatoms. The predicted octanol–water partition coefficient (Wildman–Crippen LogP) is 6.28. The van der Waals surface area contributed by atoms with Crippen LogP contribution in [0.3, 0.4) is 0 Å². The maximum Gasteiger partial charge on any atom is 0.408 e. The zero-order valence-corrected chi connectivity index (χ0v) is 18.9. The molecule has 0 saturated carbocycles. The molecule has 0 aliphatic rings. The van der Waals surface area contributed by atoms with Crippen molar-refractivity contribution in [3.63, 3.8) is 0 Å². The van der Waals surface area contributed by atoms with Gasteiger partial charge >= 0.3 is 6.09 Å². The van der Waals surface area contributed by atoms with Gasteiger partial charge in [-0.15, -0.1) is 10.2 Å². The first-order chi connectivity index (χ1) is 13.1. The Labute approximate surface area is 179 Å². The van der Waals surface area contributed by atoms with Crippen molar-refractivity contribution in [3.8, 4) is 0 Å². The van der Waals surface area contributed by atoms with E-state index in [-0.39, 0.29) is 5.92 Å². The van der Waals surface area contributed by atoms with Crippen LogP contribution in [0.4, 0.5) is 4.79 Å². The fraction of sp³-hybridized carbons (Fsp3) is 0.526. The highest BCUT2D eigenvalue weighted by Crippen LogP contribution is 2.30. The molecule has 6 nitrogen and oxygen atoms in total. The summed E-state index contributed by atoms with van der Waals surface area (Å²) in [6.45, 7) is 9.49. The van der Waals surface area contributed by atoms with Gasteiger partial charge in [0, 0.05) is 5.75 Å². The summed E-state index contributed by atoms with van der Waals surface area (Å²) in [7, 11) is 0. The van der Waals surface area contributed by atoms with Gasteiger partial charge < -0.3 is 14.5 Å². The number of nitrogens with zero attached hydrogens (tertiary/aromatic N) is 2. The van der Waals surface area contributed by atoms with E-state index >= 15 is 0 Å². The van der Waals surface area contributed by atoms with Gasteiger partial charge in [-0.2, -0.15) is 0 Å². The number of amides is 1. The molecule has 2 rings (SSSR count). The molecule has 0 aliphatic carbocycles. The van der Waals surface area contributed by atoms with Crippen LogP contribution >= 0.6 is 35.0 Å². The van der Waals surface area contributed by atoms with Crippen LogP contribution in [0, 0.1) is 5.92 Å². The Morgan fingerprint density at radius 2 is 2.00 bits per heavy atom. The summed E-state index contributed by atoms with van der Waals surface area (Å²) in [6, 6.07) is 5.03. The molecule has 1 aromatic heterocycles. The number of halogens is 2. The Bertz CT molecular complexity index is 808. The van der Waals surface area contributed by atoms with Crippen LogP contribution in [-0.2, 0) is 10.5 Å². The number of carbonyl (C=O) groups excluding carboxylic acids is 1. The lowest BCUT2D eigenvalue weighted by atomic mass is 9.99. The van der Waals surface area contributed by atoms with Crippen LogP contribution in [0.15, 0.2) is 27.8 Å². The maximum absolute atomic E-state index is 12.2. The predicted molar refractivity (Wildman–Crippen MR) is 112 cm³/mol.